The summed E-state index contributed by atoms with van der Waals surface area (Å²) in [5, 5.41) is 0. The number of anilines is 1. The average Bonchev–Trinajstić information content (AvgIpc) is 2.60. The first-order valence-electron chi connectivity index (χ1n) is 8.28. The maximum atomic E-state index is 13.7. The maximum absolute atomic E-state index is 13.7. The predicted octanol–water partition coefficient (Wildman–Crippen LogP) is 4.58. The molecule has 3 rings (SSSR count). The number of pyridine rings is 1. The summed E-state index contributed by atoms with van der Waals surface area (Å²) in [5.41, 5.74) is 1.27. The summed E-state index contributed by atoms with van der Waals surface area (Å²) in [4.78, 5) is 18.4. The van der Waals surface area contributed by atoms with E-state index in [4.69, 9.17) is 0 Å². The van der Waals surface area contributed by atoms with Crippen molar-refractivity contribution in [3.8, 4) is 0 Å². The average molecular weight is 348 g/mol. The number of benzene rings is 1. The molecule has 1 heterocycles. The Morgan fingerprint density at radius 3 is 2.64 bits per heavy atom. The minimum Gasteiger partial charge on any atom is -0.308 e. The minimum absolute atomic E-state index is 0.171. The lowest BCUT2D eigenvalue weighted by Crippen LogP contribution is -2.40. The van der Waals surface area contributed by atoms with Gasteiger partial charge < -0.3 is 4.90 Å². The Bertz CT molecular complexity index is 719. The van der Waals surface area contributed by atoms with E-state index >= 15 is 0 Å². The molecule has 1 fully saturated rings. The lowest BCUT2D eigenvalue weighted by molar-refractivity contribution is -0.129. The smallest absolute Gasteiger partial charge is 0.248 e. The van der Waals surface area contributed by atoms with Gasteiger partial charge in [0.25, 0.3) is 0 Å². The van der Waals surface area contributed by atoms with E-state index in [1.54, 1.807) is 18.5 Å². The normalized spacial score (nSPS) is 19.4. The van der Waals surface area contributed by atoms with Gasteiger partial charge in [0.2, 0.25) is 11.8 Å². The highest BCUT2D eigenvalue weighted by atomic mass is 19.3. The Kier molecular flexibility index (Phi) is 5.06. The van der Waals surface area contributed by atoms with Gasteiger partial charge in [0.05, 0.1) is 6.54 Å². The summed E-state index contributed by atoms with van der Waals surface area (Å²) < 4.78 is 40.7. The minimum atomic E-state index is -2.80. The molecule has 1 aromatic carbocycles. The molecule has 0 spiro atoms. The van der Waals surface area contributed by atoms with Crippen LogP contribution in [0.4, 0.5) is 18.9 Å². The molecule has 0 unspecified atom stereocenters. The summed E-state index contributed by atoms with van der Waals surface area (Å²) >= 11 is 0. The highest BCUT2D eigenvalue weighted by molar-refractivity contribution is 5.95. The zero-order chi connectivity index (χ0) is 17.9. The molecule has 2 aromatic rings. The van der Waals surface area contributed by atoms with Crippen molar-refractivity contribution >= 4 is 11.6 Å². The molecule has 1 saturated carbocycles. The summed E-state index contributed by atoms with van der Waals surface area (Å²) in [6.45, 7) is 0.209. The molecule has 1 amide bonds. The van der Waals surface area contributed by atoms with Gasteiger partial charge in [0.1, 0.15) is 5.82 Å². The van der Waals surface area contributed by atoms with E-state index in [1.165, 1.54) is 29.2 Å². The molecule has 1 atom stereocenters. The lowest BCUT2D eigenvalue weighted by atomic mass is 9.85. The number of halogens is 3. The van der Waals surface area contributed by atoms with Gasteiger partial charge in [-0.15, -0.1) is 0 Å². The summed E-state index contributed by atoms with van der Waals surface area (Å²) in [6.07, 6.45) is 3.41. The molecule has 1 aliphatic rings. The number of hydrogen-bond donors (Lipinski definition) is 0. The number of carbonyl (C=O) groups is 1. The molecule has 6 heteroatoms. The van der Waals surface area contributed by atoms with Crippen molar-refractivity contribution in [2.45, 2.75) is 38.2 Å². The standard InChI is InChI=1S/C19H19F3N2O/c20-16-5-7-17(8-6-16)24(13-14-3-2-10-23-12-14)18(25)15-4-1-9-19(21,22)11-15/h2-3,5-8,10,12,15H,1,4,9,11,13H2/t15-/m0/s1. The van der Waals surface area contributed by atoms with Crippen LogP contribution in [0.1, 0.15) is 31.2 Å². The first kappa shape index (κ1) is 17.5. The van der Waals surface area contributed by atoms with Crippen molar-refractivity contribution < 1.29 is 18.0 Å². The molecule has 25 heavy (non-hydrogen) atoms. The third-order valence-corrected chi connectivity index (χ3v) is 4.46. The topological polar surface area (TPSA) is 33.2 Å². The maximum Gasteiger partial charge on any atom is 0.248 e. The molecule has 1 aliphatic carbocycles. The highest BCUT2D eigenvalue weighted by Crippen LogP contribution is 2.38. The van der Waals surface area contributed by atoms with Gasteiger partial charge in [-0.05, 0) is 48.7 Å². The molecule has 132 valence electrons. The van der Waals surface area contributed by atoms with Gasteiger partial charge in [0, 0.05) is 36.8 Å². The van der Waals surface area contributed by atoms with E-state index in [1.807, 2.05) is 6.07 Å². The second-order valence-corrected chi connectivity index (χ2v) is 6.41. The predicted molar refractivity (Wildman–Crippen MR) is 88.7 cm³/mol. The molecule has 1 aromatic heterocycles. The lowest BCUT2D eigenvalue weighted by Gasteiger charge is -2.32. The summed E-state index contributed by atoms with van der Waals surface area (Å²) in [7, 11) is 0. The Morgan fingerprint density at radius 2 is 2.00 bits per heavy atom. The first-order valence-corrected chi connectivity index (χ1v) is 8.28. The summed E-state index contributed by atoms with van der Waals surface area (Å²) in [6, 6.07) is 9.06. The SMILES string of the molecule is O=C([C@H]1CCCC(F)(F)C1)N(Cc1cccnc1)c1ccc(F)cc1. The number of hydrogen-bond acceptors (Lipinski definition) is 2. The fraction of sp³-hybridized carbons (Fsp3) is 0.368. The first-order chi connectivity index (χ1) is 11.9. The van der Waals surface area contributed by atoms with Crippen molar-refractivity contribution in [2.75, 3.05) is 4.90 Å². The van der Waals surface area contributed by atoms with Crippen LogP contribution in [0, 0.1) is 11.7 Å². The van der Waals surface area contributed by atoms with Crippen molar-refractivity contribution in [1.29, 1.82) is 0 Å². The van der Waals surface area contributed by atoms with Crippen LogP contribution in [-0.2, 0) is 11.3 Å². The molecule has 0 N–H and O–H groups in total. The quantitative estimate of drug-likeness (QED) is 0.810. The molecular weight excluding hydrogens is 329 g/mol. The van der Waals surface area contributed by atoms with E-state index in [-0.39, 0.29) is 18.9 Å². The Balaban J connectivity index is 1.87. The van der Waals surface area contributed by atoms with Gasteiger partial charge >= 0.3 is 0 Å². The number of alkyl halides is 2. The van der Waals surface area contributed by atoms with Gasteiger partial charge in [-0.1, -0.05) is 6.07 Å². The van der Waals surface area contributed by atoms with E-state index in [9.17, 15) is 18.0 Å². The molecule has 0 bridgehead atoms. The number of amides is 1. The third-order valence-electron chi connectivity index (χ3n) is 4.46. The van der Waals surface area contributed by atoms with Crippen LogP contribution in [0.25, 0.3) is 0 Å². The van der Waals surface area contributed by atoms with Crippen LogP contribution in [-0.4, -0.2) is 16.8 Å². The van der Waals surface area contributed by atoms with Crippen LogP contribution < -0.4 is 4.90 Å². The van der Waals surface area contributed by atoms with Crippen molar-refractivity contribution in [2.24, 2.45) is 5.92 Å². The second kappa shape index (κ2) is 7.25. The van der Waals surface area contributed by atoms with Crippen LogP contribution in [0.3, 0.4) is 0 Å². The largest absolute Gasteiger partial charge is 0.308 e. The van der Waals surface area contributed by atoms with Gasteiger partial charge in [-0.25, -0.2) is 13.2 Å². The molecule has 0 saturated heterocycles. The number of aromatic nitrogens is 1. The van der Waals surface area contributed by atoms with Crippen molar-refractivity contribution in [3.05, 3.63) is 60.2 Å². The molecule has 3 nitrogen and oxygen atoms in total. The number of rotatable bonds is 4. The van der Waals surface area contributed by atoms with Gasteiger partial charge in [-0.2, -0.15) is 0 Å². The fourth-order valence-corrected chi connectivity index (χ4v) is 3.19. The van der Waals surface area contributed by atoms with E-state index in [0.29, 0.717) is 18.5 Å². The van der Waals surface area contributed by atoms with Crippen LogP contribution in [0.2, 0.25) is 0 Å². The van der Waals surface area contributed by atoms with Crippen LogP contribution in [0.15, 0.2) is 48.8 Å². The molecule has 0 radical (unpaired) electrons. The monoisotopic (exact) mass is 348 g/mol. The van der Waals surface area contributed by atoms with E-state index in [2.05, 4.69) is 4.98 Å². The Hall–Kier alpha value is -2.37. The van der Waals surface area contributed by atoms with E-state index in [0.717, 1.165) is 5.56 Å². The second-order valence-electron chi connectivity index (χ2n) is 6.41. The summed E-state index contributed by atoms with van der Waals surface area (Å²) in [5.74, 6) is -4.30. The highest BCUT2D eigenvalue weighted by Gasteiger charge is 2.40. The van der Waals surface area contributed by atoms with Crippen molar-refractivity contribution in [3.63, 3.8) is 0 Å². The van der Waals surface area contributed by atoms with Crippen molar-refractivity contribution in [1.82, 2.24) is 4.98 Å². The molecule has 0 aliphatic heterocycles. The number of carbonyl (C=O) groups excluding carboxylic acids is 1. The van der Waals surface area contributed by atoms with E-state index < -0.39 is 24.1 Å². The van der Waals surface area contributed by atoms with Crippen LogP contribution >= 0.6 is 0 Å². The zero-order valence-electron chi connectivity index (χ0n) is 13.7. The third kappa shape index (κ3) is 4.38. The molecular formula is C19H19F3N2O. The number of nitrogens with zero attached hydrogens (tertiary/aromatic N) is 2. The fourth-order valence-electron chi connectivity index (χ4n) is 3.19. The van der Waals surface area contributed by atoms with Crippen LogP contribution in [0.5, 0.6) is 0 Å². The Labute approximate surface area is 144 Å². The van der Waals surface area contributed by atoms with Gasteiger partial charge in [0.15, 0.2) is 0 Å². The Morgan fingerprint density at radius 1 is 1.24 bits per heavy atom. The zero-order valence-corrected chi connectivity index (χ0v) is 13.7. The van der Waals surface area contributed by atoms with Gasteiger partial charge in [-0.3, -0.25) is 9.78 Å².